The van der Waals surface area contributed by atoms with Crippen LogP contribution in [0.5, 0.6) is 0 Å². The molecule has 1 saturated heterocycles. The summed E-state index contributed by atoms with van der Waals surface area (Å²) in [6.07, 6.45) is 4.00. The van der Waals surface area contributed by atoms with Gasteiger partial charge in [-0.1, -0.05) is 70.2 Å². The highest BCUT2D eigenvalue weighted by molar-refractivity contribution is 5.99. The summed E-state index contributed by atoms with van der Waals surface area (Å²) >= 11 is 0. The summed E-state index contributed by atoms with van der Waals surface area (Å²) in [6.45, 7) is 8.58. The minimum absolute atomic E-state index is 0. The zero-order chi connectivity index (χ0) is 26.9. The van der Waals surface area contributed by atoms with Crippen molar-refractivity contribution in [2.24, 2.45) is 34.9 Å². The van der Waals surface area contributed by atoms with E-state index in [1.807, 2.05) is 58.0 Å². The van der Waals surface area contributed by atoms with Gasteiger partial charge in [0, 0.05) is 13.1 Å². The van der Waals surface area contributed by atoms with Gasteiger partial charge in [-0.3, -0.25) is 30.4 Å². The van der Waals surface area contributed by atoms with Crippen molar-refractivity contribution in [3.8, 4) is 0 Å². The van der Waals surface area contributed by atoms with E-state index in [2.05, 4.69) is 10.7 Å². The minimum atomic E-state index is -1.47. The van der Waals surface area contributed by atoms with E-state index in [1.54, 1.807) is 22.5 Å². The van der Waals surface area contributed by atoms with Gasteiger partial charge >= 0.3 is 0 Å². The van der Waals surface area contributed by atoms with Gasteiger partial charge in [-0.15, -0.1) is 12.4 Å². The number of carbonyl (C=O) groups excluding carboxylic acids is 3. The Morgan fingerprint density at radius 3 is 2.30 bits per heavy atom. The maximum Gasteiger partial charge on any atom is 0.248 e. The number of nitrogens with two attached hydrogens (primary N) is 1. The molecule has 37 heavy (non-hydrogen) atoms. The lowest BCUT2D eigenvalue weighted by molar-refractivity contribution is -0.151. The van der Waals surface area contributed by atoms with Crippen LogP contribution in [0.25, 0.3) is 6.08 Å². The number of amides is 2. The first-order valence-electron chi connectivity index (χ1n) is 12.3. The fraction of sp³-hybridized carbons (Fsp3) is 0.538. The molecule has 1 aliphatic heterocycles. The van der Waals surface area contributed by atoms with E-state index >= 15 is 0 Å². The van der Waals surface area contributed by atoms with Crippen molar-refractivity contribution in [1.82, 2.24) is 21.1 Å². The maximum absolute atomic E-state index is 14.2. The van der Waals surface area contributed by atoms with Gasteiger partial charge in [-0.05, 0) is 30.2 Å². The maximum atomic E-state index is 14.2. The number of allylic oxidation sites excluding steroid dienone is 1. The van der Waals surface area contributed by atoms with Crippen molar-refractivity contribution < 1.29 is 19.6 Å². The molecule has 1 aliphatic rings. The van der Waals surface area contributed by atoms with Crippen LogP contribution in [0.4, 0.5) is 0 Å². The molecular weight excluding hydrogens is 496 g/mol. The number of hydrogen-bond donors (Lipinski definition) is 6. The molecular formula is C26H41ClN6O4. The molecule has 3 atom stereocenters. The van der Waals surface area contributed by atoms with Crippen LogP contribution in [0.15, 0.2) is 36.4 Å². The summed E-state index contributed by atoms with van der Waals surface area (Å²) in [7, 11) is 0. The molecule has 7 N–H and O–H groups in total. The van der Waals surface area contributed by atoms with Crippen molar-refractivity contribution in [3.05, 3.63) is 42.0 Å². The number of hydroxylamine groups is 1. The molecule has 11 heteroatoms. The number of carbonyl (C=O) groups is 3. The molecule has 10 nitrogen and oxygen atoms in total. The van der Waals surface area contributed by atoms with Crippen molar-refractivity contribution >= 4 is 42.0 Å². The summed E-state index contributed by atoms with van der Waals surface area (Å²) in [5.41, 5.74) is 3.23. The first-order chi connectivity index (χ1) is 17.0. The van der Waals surface area contributed by atoms with Gasteiger partial charge in [0.1, 0.15) is 0 Å². The third-order valence-corrected chi connectivity index (χ3v) is 6.52. The Balaban J connectivity index is 0.00000684. The molecule has 1 fully saturated rings. The van der Waals surface area contributed by atoms with Gasteiger partial charge < -0.3 is 10.2 Å². The van der Waals surface area contributed by atoms with E-state index in [0.717, 1.165) is 5.56 Å². The van der Waals surface area contributed by atoms with Crippen LogP contribution in [0.1, 0.15) is 46.1 Å². The first kappa shape index (κ1) is 32.1. The number of guanidine groups is 1. The summed E-state index contributed by atoms with van der Waals surface area (Å²) in [6, 6.07) is 9.36. The Bertz CT molecular complexity index is 956. The lowest BCUT2D eigenvalue weighted by Crippen LogP contribution is -2.55. The van der Waals surface area contributed by atoms with E-state index in [4.69, 9.17) is 11.3 Å². The van der Waals surface area contributed by atoms with E-state index < -0.39 is 29.1 Å². The van der Waals surface area contributed by atoms with Crippen molar-refractivity contribution in [2.45, 2.75) is 40.5 Å². The fourth-order valence-electron chi connectivity index (χ4n) is 5.03. The van der Waals surface area contributed by atoms with Crippen molar-refractivity contribution in [2.75, 3.05) is 19.6 Å². The Labute approximate surface area is 225 Å². The molecule has 0 aliphatic carbocycles. The van der Waals surface area contributed by atoms with Crippen LogP contribution in [0.2, 0.25) is 0 Å². The normalized spacial score (nSPS) is 16.6. The van der Waals surface area contributed by atoms with E-state index in [0.29, 0.717) is 13.1 Å². The number of halogens is 1. The summed E-state index contributed by atoms with van der Waals surface area (Å²) in [5.74, 6) is 1.67. The molecule has 2 rings (SSSR count). The minimum Gasteiger partial charge on any atom is -0.355 e. The molecule has 0 bridgehead atoms. The smallest absolute Gasteiger partial charge is 0.248 e. The SMILES string of the molecule is CC(C)C[C@@H](C(=O)NN)[C@H](C(=O)NO)C(/C=C/c1ccccc1)(CC(C)C)C(=O)CN1CCNC1=N.Cl. The highest BCUT2D eigenvalue weighted by Crippen LogP contribution is 2.44. The molecule has 2 amide bonds. The lowest BCUT2D eigenvalue weighted by atomic mass is 9.61. The quantitative estimate of drug-likeness (QED) is 0.0975. The molecule has 1 aromatic carbocycles. The fourth-order valence-corrected chi connectivity index (χ4v) is 5.03. The number of benzene rings is 1. The molecule has 206 valence electrons. The van der Waals surface area contributed by atoms with Gasteiger partial charge in [0.2, 0.25) is 11.8 Å². The molecule has 0 radical (unpaired) electrons. The highest BCUT2D eigenvalue weighted by atomic mass is 35.5. The number of hydrazine groups is 1. The number of rotatable bonds is 13. The lowest BCUT2D eigenvalue weighted by Gasteiger charge is -2.42. The Morgan fingerprint density at radius 1 is 1.16 bits per heavy atom. The molecule has 1 unspecified atom stereocenters. The van der Waals surface area contributed by atoms with Gasteiger partial charge in [0.05, 0.1) is 23.8 Å². The topological polar surface area (TPSA) is 161 Å². The second kappa shape index (κ2) is 14.7. The molecule has 0 aromatic heterocycles. The van der Waals surface area contributed by atoms with E-state index in [1.165, 1.54) is 0 Å². The highest BCUT2D eigenvalue weighted by Gasteiger charge is 2.53. The average molecular weight is 537 g/mol. The third kappa shape index (κ3) is 8.28. The summed E-state index contributed by atoms with van der Waals surface area (Å²) in [5, 5.41) is 20.8. The van der Waals surface area contributed by atoms with Crippen LogP contribution in [-0.4, -0.2) is 53.3 Å². The van der Waals surface area contributed by atoms with Gasteiger partial charge in [-0.25, -0.2) is 11.3 Å². The van der Waals surface area contributed by atoms with E-state index in [9.17, 15) is 19.6 Å². The zero-order valence-electron chi connectivity index (χ0n) is 22.0. The van der Waals surface area contributed by atoms with Crippen LogP contribution < -0.4 is 22.1 Å². The number of nitrogens with one attached hydrogen (secondary N) is 4. The second-order valence-electron chi connectivity index (χ2n) is 10.2. The average Bonchev–Trinajstić information content (AvgIpc) is 3.25. The summed E-state index contributed by atoms with van der Waals surface area (Å²) < 4.78 is 0. The molecule has 0 spiro atoms. The number of nitrogens with zero attached hydrogens (tertiary/aromatic N) is 1. The summed E-state index contributed by atoms with van der Waals surface area (Å²) in [4.78, 5) is 42.3. The Hall–Kier alpha value is -2.95. The predicted octanol–water partition coefficient (Wildman–Crippen LogP) is 2.34. The number of hydrogen-bond acceptors (Lipinski definition) is 6. The Morgan fingerprint density at radius 2 is 1.81 bits per heavy atom. The van der Waals surface area contributed by atoms with Gasteiger partial charge in [0.15, 0.2) is 11.7 Å². The van der Waals surface area contributed by atoms with Crippen LogP contribution in [0, 0.1) is 34.5 Å². The van der Waals surface area contributed by atoms with Crippen LogP contribution >= 0.6 is 12.4 Å². The number of ketones is 1. The molecule has 1 aromatic rings. The Kier molecular flexibility index (Phi) is 12.7. The van der Waals surface area contributed by atoms with Gasteiger partial charge in [-0.2, -0.15) is 0 Å². The van der Waals surface area contributed by atoms with Crippen LogP contribution in [0.3, 0.4) is 0 Å². The standard InChI is InChI=1S/C26H40N6O4.ClH/c1-17(2)14-20(23(34)30-28)22(24(35)31-36)26(15-18(3)4,11-10-19-8-6-5-7-9-19)21(33)16-32-13-12-29-25(32)27;/h5-11,17-18,20,22,36H,12-16,28H2,1-4H3,(H2,27,29)(H,30,34)(H,31,35);1H/b11-10+;/t20-,22-,26?;/m1./s1. The number of Topliss-reactive ketones (excluding diaryl/α,β-unsaturated/α-hetero) is 1. The van der Waals surface area contributed by atoms with Gasteiger partial charge in [0.25, 0.3) is 0 Å². The zero-order valence-corrected chi connectivity index (χ0v) is 22.8. The third-order valence-electron chi connectivity index (χ3n) is 6.52. The second-order valence-corrected chi connectivity index (χ2v) is 10.2. The van der Waals surface area contributed by atoms with Crippen molar-refractivity contribution in [3.63, 3.8) is 0 Å². The largest absolute Gasteiger partial charge is 0.355 e. The van der Waals surface area contributed by atoms with E-state index in [-0.39, 0.29) is 55.4 Å². The molecule has 0 saturated carbocycles. The monoisotopic (exact) mass is 536 g/mol. The van der Waals surface area contributed by atoms with Crippen LogP contribution in [-0.2, 0) is 14.4 Å². The predicted molar refractivity (Wildman–Crippen MR) is 146 cm³/mol. The van der Waals surface area contributed by atoms with Crippen molar-refractivity contribution in [1.29, 1.82) is 5.41 Å². The molecule has 1 heterocycles. The first-order valence-corrected chi connectivity index (χ1v) is 12.3.